The van der Waals surface area contributed by atoms with Gasteiger partial charge in [0.25, 0.3) is 0 Å². The van der Waals surface area contributed by atoms with E-state index < -0.39 is 18.6 Å². The Kier molecular flexibility index (Phi) is 9.23. The van der Waals surface area contributed by atoms with Crippen molar-refractivity contribution in [1.29, 1.82) is 0 Å². The fraction of sp³-hybridized carbons (Fsp3) is 0.667. The van der Waals surface area contributed by atoms with Crippen molar-refractivity contribution >= 4 is 17.9 Å². The van der Waals surface area contributed by atoms with Gasteiger partial charge < -0.3 is 20.5 Å². The smallest absolute Gasteiger partial charge is 0.338 e. The molecule has 4 N–H and O–H groups in total. The summed E-state index contributed by atoms with van der Waals surface area (Å²) >= 11 is 0. The van der Waals surface area contributed by atoms with Crippen molar-refractivity contribution in [1.82, 2.24) is 16.1 Å². The lowest BCUT2D eigenvalue weighted by Gasteiger charge is -2.07. The predicted octanol–water partition coefficient (Wildman–Crippen LogP) is -1.55. The second-order valence-electron chi connectivity index (χ2n) is 3.13. The van der Waals surface area contributed by atoms with Gasteiger partial charge in [-0.15, -0.1) is 0 Å². The molecule has 0 aromatic rings. The molecule has 0 saturated carbocycles. The van der Waals surface area contributed by atoms with Crippen molar-refractivity contribution in [2.45, 2.75) is 6.42 Å². The minimum absolute atomic E-state index is 0.107. The Hall–Kier alpha value is -1.87. The summed E-state index contributed by atoms with van der Waals surface area (Å²) in [6, 6.07) is -0.707. The number of carboxylic acids is 1. The van der Waals surface area contributed by atoms with Crippen LogP contribution < -0.4 is 16.1 Å². The second-order valence-corrected chi connectivity index (χ2v) is 3.13. The van der Waals surface area contributed by atoms with E-state index in [-0.39, 0.29) is 18.9 Å². The Balaban J connectivity index is 3.44. The normalized spacial score (nSPS) is 9.61. The molecule has 0 aliphatic heterocycles. The highest BCUT2D eigenvalue weighted by Crippen LogP contribution is 1.78. The van der Waals surface area contributed by atoms with Gasteiger partial charge in [-0.25, -0.2) is 15.1 Å². The number of hydrogen-bond acceptors (Lipinski definition) is 5. The van der Waals surface area contributed by atoms with Crippen LogP contribution in [0.15, 0.2) is 0 Å². The average molecular weight is 263 g/mol. The van der Waals surface area contributed by atoms with Gasteiger partial charge in [-0.3, -0.25) is 9.63 Å². The molecule has 3 amide bonds. The van der Waals surface area contributed by atoms with Gasteiger partial charge in [0.05, 0.1) is 6.61 Å². The van der Waals surface area contributed by atoms with Crippen LogP contribution >= 0.6 is 0 Å². The van der Waals surface area contributed by atoms with Crippen molar-refractivity contribution in [3.8, 4) is 0 Å². The number of rotatable bonds is 9. The maximum Gasteiger partial charge on any atom is 0.338 e. The van der Waals surface area contributed by atoms with Crippen LogP contribution in [-0.2, 0) is 19.2 Å². The monoisotopic (exact) mass is 263 g/mol. The van der Waals surface area contributed by atoms with Crippen LogP contribution in [0.4, 0.5) is 4.79 Å². The van der Waals surface area contributed by atoms with E-state index in [1.807, 2.05) is 5.48 Å². The third kappa shape index (κ3) is 10.6. The molecule has 0 bridgehead atoms. The summed E-state index contributed by atoms with van der Waals surface area (Å²) in [4.78, 5) is 36.5. The fourth-order valence-electron chi connectivity index (χ4n) is 0.870. The first-order chi connectivity index (χ1) is 8.56. The highest BCUT2D eigenvalue weighted by molar-refractivity contribution is 5.77. The second kappa shape index (κ2) is 10.3. The van der Waals surface area contributed by atoms with E-state index in [4.69, 9.17) is 9.84 Å². The number of aliphatic carboxylic acids is 1. The van der Waals surface area contributed by atoms with Crippen LogP contribution in [0.1, 0.15) is 6.42 Å². The molecule has 0 aliphatic rings. The fourth-order valence-corrected chi connectivity index (χ4v) is 0.870. The average Bonchev–Trinajstić information content (AvgIpc) is 2.29. The molecule has 0 fully saturated rings. The van der Waals surface area contributed by atoms with Crippen LogP contribution in [0.25, 0.3) is 0 Å². The van der Waals surface area contributed by atoms with Gasteiger partial charge in [-0.1, -0.05) is 0 Å². The van der Waals surface area contributed by atoms with Crippen molar-refractivity contribution in [3.63, 3.8) is 0 Å². The molecule has 0 saturated heterocycles. The Bertz CT molecular complexity index is 283. The minimum atomic E-state index is -1.20. The molecule has 9 nitrogen and oxygen atoms in total. The Morgan fingerprint density at radius 2 is 1.89 bits per heavy atom. The van der Waals surface area contributed by atoms with E-state index in [2.05, 4.69) is 15.5 Å². The molecule has 0 atom stereocenters. The zero-order valence-corrected chi connectivity index (χ0v) is 10.0. The van der Waals surface area contributed by atoms with Gasteiger partial charge in [0.15, 0.2) is 6.61 Å². The summed E-state index contributed by atoms with van der Waals surface area (Å²) in [7, 11) is 1.52. The number of amides is 3. The first-order valence-corrected chi connectivity index (χ1v) is 5.19. The van der Waals surface area contributed by atoms with Gasteiger partial charge in [0.1, 0.15) is 0 Å². The molecular formula is C9H17N3O6. The largest absolute Gasteiger partial charge is 0.479 e. The number of ether oxygens (including phenoxy) is 1. The topological polar surface area (TPSA) is 126 Å². The summed E-state index contributed by atoms with van der Waals surface area (Å²) in [6.07, 6.45) is 0.107. The first-order valence-electron chi connectivity index (χ1n) is 5.19. The molecule has 0 radical (unpaired) electrons. The number of hydrogen-bond donors (Lipinski definition) is 4. The van der Waals surface area contributed by atoms with Crippen molar-refractivity contribution in [2.75, 3.05) is 33.4 Å². The van der Waals surface area contributed by atoms with Crippen molar-refractivity contribution in [3.05, 3.63) is 0 Å². The Morgan fingerprint density at radius 1 is 1.17 bits per heavy atom. The summed E-state index contributed by atoms with van der Waals surface area (Å²) in [5, 5.41) is 13.1. The van der Waals surface area contributed by atoms with Gasteiger partial charge >= 0.3 is 12.0 Å². The molecule has 0 rings (SSSR count). The maximum absolute atomic E-state index is 11.2. The first kappa shape index (κ1) is 16.1. The van der Waals surface area contributed by atoms with Crippen LogP contribution in [0.2, 0.25) is 0 Å². The van der Waals surface area contributed by atoms with Crippen LogP contribution in [0, 0.1) is 0 Å². The van der Waals surface area contributed by atoms with Gasteiger partial charge in [-0.05, 0) is 0 Å². The lowest BCUT2D eigenvalue weighted by molar-refractivity contribution is -0.144. The van der Waals surface area contributed by atoms with Crippen LogP contribution in [-0.4, -0.2) is 56.4 Å². The van der Waals surface area contributed by atoms with E-state index in [1.165, 1.54) is 7.11 Å². The maximum atomic E-state index is 11.2. The third-order valence-electron chi connectivity index (χ3n) is 1.63. The lowest BCUT2D eigenvalue weighted by atomic mass is 10.4. The summed E-state index contributed by atoms with van der Waals surface area (Å²) in [6.45, 7) is 0.304. The molecular weight excluding hydrogens is 246 g/mol. The van der Waals surface area contributed by atoms with Crippen molar-refractivity contribution in [2.24, 2.45) is 0 Å². The summed E-state index contributed by atoms with van der Waals surface area (Å²) < 4.78 is 4.74. The number of nitrogens with one attached hydrogen (secondary N) is 3. The number of carbonyl (C=O) groups is 3. The Morgan fingerprint density at radius 3 is 2.50 bits per heavy atom. The standard InChI is InChI=1S/C9H17N3O6/c1-17-5-4-10-7(13)2-3-11-9(16)12-18-6-8(14)15/h2-6H2,1H3,(H,10,13)(H,14,15)(H2,11,12,16). The third-order valence-corrected chi connectivity index (χ3v) is 1.63. The summed E-state index contributed by atoms with van der Waals surface area (Å²) in [5.74, 6) is -1.42. The van der Waals surface area contributed by atoms with Gasteiger partial charge in [0, 0.05) is 26.6 Å². The zero-order chi connectivity index (χ0) is 13.8. The molecule has 104 valence electrons. The number of carboxylic acid groups (broad SMARTS) is 1. The van der Waals surface area contributed by atoms with E-state index >= 15 is 0 Å². The lowest BCUT2D eigenvalue weighted by Crippen LogP contribution is -2.38. The molecule has 0 aliphatic carbocycles. The predicted molar refractivity (Wildman–Crippen MR) is 59.6 cm³/mol. The van der Waals surface area contributed by atoms with Crippen molar-refractivity contribution < 1.29 is 29.1 Å². The molecule has 0 heterocycles. The molecule has 9 heteroatoms. The summed E-state index contributed by atoms with van der Waals surface area (Å²) in [5.41, 5.74) is 1.86. The quantitative estimate of drug-likeness (QED) is 0.295. The molecule has 0 aromatic carbocycles. The SMILES string of the molecule is COCCNC(=O)CCNC(=O)NOCC(=O)O. The van der Waals surface area contributed by atoms with Gasteiger partial charge in [0.2, 0.25) is 5.91 Å². The molecule has 0 spiro atoms. The van der Waals surface area contributed by atoms with E-state index in [0.29, 0.717) is 13.2 Å². The molecule has 0 aromatic heterocycles. The van der Waals surface area contributed by atoms with Crippen LogP contribution in [0.3, 0.4) is 0 Å². The van der Waals surface area contributed by atoms with Crippen LogP contribution in [0.5, 0.6) is 0 Å². The van der Waals surface area contributed by atoms with E-state index in [9.17, 15) is 14.4 Å². The number of carbonyl (C=O) groups excluding carboxylic acids is 2. The molecule has 18 heavy (non-hydrogen) atoms. The Labute approximate surface area is 104 Å². The highest BCUT2D eigenvalue weighted by Gasteiger charge is 2.04. The zero-order valence-electron chi connectivity index (χ0n) is 10.0. The number of methoxy groups -OCH3 is 1. The highest BCUT2D eigenvalue weighted by atomic mass is 16.7. The number of urea groups is 1. The molecule has 0 unspecified atom stereocenters. The number of hydroxylamine groups is 1. The van der Waals surface area contributed by atoms with Gasteiger partial charge in [-0.2, -0.15) is 0 Å². The van der Waals surface area contributed by atoms with E-state index in [1.54, 1.807) is 0 Å². The minimum Gasteiger partial charge on any atom is -0.479 e. The van der Waals surface area contributed by atoms with E-state index in [0.717, 1.165) is 0 Å².